The number of nitrogens with one attached hydrogen (secondary N) is 2. The van der Waals surface area contributed by atoms with Crippen LogP contribution in [0.5, 0.6) is 0 Å². The van der Waals surface area contributed by atoms with Gasteiger partial charge in [-0.2, -0.15) is 0 Å². The molecule has 4 nitrogen and oxygen atoms in total. The molecular formula is C9H19N3O. The summed E-state index contributed by atoms with van der Waals surface area (Å²) < 4.78 is 0. The predicted molar refractivity (Wildman–Crippen MR) is 51.1 cm³/mol. The van der Waals surface area contributed by atoms with Crippen molar-refractivity contribution in [2.24, 2.45) is 5.90 Å². The van der Waals surface area contributed by atoms with E-state index in [1.165, 1.54) is 25.7 Å². The van der Waals surface area contributed by atoms with Crippen LogP contribution in [0.1, 0.15) is 25.7 Å². The third kappa shape index (κ3) is 2.02. The first kappa shape index (κ1) is 9.40. The van der Waals surface area contributed by atoms with E-state index in [0.29, 0.717) is 12.1 Å². The minimum Gasteiger partial charge on any atom is -0.311 e. The Morgan fingerprint density at radius 1 is 1.08 bits per heavy atom. The van der Waals surface area contributed by atoms with Crippen LogP contribution in [0.25, 0.3) is 0 Å². The quantitative estimate of drug-likeness (QED) is 0.531. The van der Waals surface area contributed by atoms with Gasteiger partial charge in [0.05, 0.1) is 0 Å². The van der Waals surface area contributed by atoms with Crippen molar-refractivity contribution in [1.29, 1.82) is 0 Å². The van der Waals surface area contributed by atoms with Crippen molar-refractivity contribution in [3.8, 4) is 0 Å². The number of nitrogens with two attached hydrogens (primary N) is 1. The topological polar surface area (TPSA) is 59.3 Å². The molecule has 0 bridgehead atoms. The minimum atomic E-state index is 0.157. The van der Waals surface area contributed by atoms with E-state index in [-0.39, 0.29) is 6.10 Å². The van der Waals surface area contributed by atoms with Crippen LogP contribution in [-0.4, -0.2) is 31.3 Å². The maximum atomic E-state index is 5.35. The van der Waals surface area contributed by atoms with Gasteiger partial charge < -0.3 is 10.6 Å². The van der Waals surface area contributed by atoms with Crippen LogP contribution in [0, 0.1) is 0 Å². The Kier molecular flexibility index (Phi) is 3.16. The fraction of sp³-hybridized carbons (Fsp3) is 1.00. The molecule has 4 heteroatoms. The molecule has 2 saturated heterocycles. The Labute approximate surface area is 79.2 Å². The zero-order valence-corrected chi connectivity index (χ0v) is 7.96. The van der Waals surface area contributed by atoms with Crippen molar-refractivity contribution >= 4 is 0 Å². The van der Waals surface area contributed by atoms with Gasteiger partial charge in [0.25, 0.3) is 0 Å². The van der Waals surface area contributed by atoms with Gasteiger partial charge in [-0.3, -0.25) is 4.84 Å². The molecule has 0 radical (unpaired) electrons. The maximum absolute atomic E-state index is 5.35. The lowest BCUT2D eigenvalue weighted by Gasteiger charge is -2.27. The number of hydrogen-bond acceptors (Lipinski definition) is 4. The molecular weight excluding hydrogens is 166 g/mol. The van der Waals surface area contributed by atoms with Gasteiger partial charge in [-0.25, -0.2) is 5.90 Å². The third-order valence-corrected chi connectivity index (χ3v) is 3.15. The van der Waals surface area contributed by atoms with Crippen LogP contribution in [-0.2, 0) is 4.84 Å². The van der Waals surface area contributed by atoms with Gasteiger partial charge >= 0.3 is 0 Å². The Morgan fingerprint density at radius 3 is 1.92 bits per heavy atom. The van der Waals surface area contributed by atoms with Gasteiger partial charge in [0.2, 0.25) is 0 Å². The van der Waals surface area contributed by atoms with Gasteiger partial charge in [-0.15, -0.1) is 0 Å². The Bertz CT molecular complexity index is 137. The van der Waals surface area contributed by atoms with E-state index < -0.39 is 0 Å². The highest BCUT2D eigenvalue weighted by Crippen LogP contribution is 2.19. The summed E-state index contributed by atoms with van der Waals surface area (Å²) in [4.78, 5) is 5.09. The van der Waals surface area contributed by atoms with Gasteiger partial charge in [-0.05, 0) is 38.8 Å². The first-order chi connectivity index (χ1) is 6.42. The van der Waals surface area contributed by atoms with Gasteiger partial charge in [0.1, 0.15) is 6.10 Å². The lowest BCUT2D eigenvalue weighted by atomic mass is 10.0. The SMILES string of the molecule is NOC([C@@H]1CCCN1)[C@@H]1CCCN1. The number of rotatable bonds is 3. The molecule has 13 heavy (non-hydrogen) atoms. The van der Waals surface area contributed by atoms with Gasteiger partial charge in [0, 0.05) is 12.1 Å². The van der Waals surface area contributed by atoms with Crippen LogP contribution in [0.3, 0.4) is 0 Å². The van der Waals surface area contributed by atoms with Crippen LogP contribution >= 0.6 is 0 Å². The van der Waals surface area contributed by atoms with Crippen LogP contribution in [0.4, 0.5) is 0 Å². The van der Waals surface area contributed by atoms with Crippen LogP contribution in [0.2, 0.25) is 0 Å². The average molecular weight is 185 g/mol. The summed E-state index contributed by atoms with van der Waals surface area (Å²) in [7, 11) is 0. The Hall–Kier alpha value is -0.160. The van der Waals surface area contributed by atoms with Crippen LogP contribution < -0.4 is 16.5 Å². The van der Waals surface area contributed by atoms with E-state index in [1.807, 2.05) is 0 Å². The fourth-order valence-electron chi connectivity index (χ4n) is 2.45. The predicted octanol–water partition coefficient (Wildman–Crippen LogP) is -0.251. The molecule has 2 atom stereocenters. The Morgan fingerprint density at radius 2 is 1.62 bits per heavy atom. The van der Waals surface area contributed by atoms with Crippen molar-refractivity contribution in [2.75, 3.05) is 13.1 Å². The monoisotopic (exact) mass is 185 g/mol. The normalized spacial score (nSPS) is 34.6. The lowest BCUT2D eigenvalue weighted by Crippen LogP contribution is -2.49. The molecule has 2 aliphatic heterocycles. The second kappa shape index (κ2) is 4.37. The first-order valence-corrected chi connectivity index (χ1v) is 5.24. The zero-order chi connectivity index (χ0) is 9.10. The molecule has 0 amide bonds. The van der Waals surface area contributed by atoms with E-state index in [2.05, 4.69) is 10.6 Å². The molecule has 0 aromatic rings. The van der Waals surface area contributed by atoms with Gasteiger partial charge in [-0.1, -0.05) is 0 Å². The highest BCUT2D eigenvalue weighted by atomic mass is 16.6. The summed E-state index contributed by atoms with van der Waals surface area (Å²) in [6, 6.07) is 0.918. The molecule has 2 heterocycles. The van der Waals surface area contributed by atoms with Crippen molar-refractivity contribution in [3.05, 3.63) is 0 Å². The second-order valence-electron chi connectivity index (χ2n) is 4.01. The molecule has 0 aromatic heterocycles. The zero-order valence-electron chi connectivity index (χ0n) is 7.96. The largest absolute Gasteiger partial charge is 0.311 e. The molecule has 2 rings (SSSR count). The summed E-state index contributed by atoms with van der Waals surface area (Å²) in [5.41, 5.74) is 0. The lowest BCUT2D eigenvalue weighted by molar-refractivity contribution is 0.00817. The van der Waals surface area contributed by atoms with Crippen molar-refractivity contribution in [3.63, 3.8) is 0 Å². The highest BCUT2D eigenvalue weighted by Gasteiger charge is 2.33. The summed E-state index contributed by atoms with van der Waals surface area (Å²) in [5.74, 6) is 5.35. The summed E-state index contributed by atoms with van der Waals surface area (Å²) >= 11 is 0. The summed E-state index contributed by atoms with van der Waals surface area (Å²) in [6.45, 7) is 2.22. The Balaban J connectivity index is 1.90. The van der Waals surface area contributed by atoms with Crippen molar-refractivity contribution in [2.45, 2.75) is 43.9 Å². The molecule has 0 aromatic carbocycles. The first-order valence-electron chi connectivity index (χ1n) is 5.24. The molecule has 2 aliphatic rings. The standard InChI is InChI=1S/C9H19N3O/c10-13-9(7-3-1-5-11-7)8-4-2-6-12-8/h7-9,11-12H,1-6,10H2/t7-,8-/m0/s1. The molecule has 2 fully saturated rings. The maximum Gasteiger partial charge on any atom is 0.109 e. The molecule has 0 saturated carbocycles. The average Bonchev–Trinajstić information content (AvgIpc) is 2.76. The van der Waals surface area contributed by atoms with E-state index in [0.717, 1.165) is 13.1 Å². The van der Waals surface area contributed by atoms with Crippen molar-refractivity contribution < 1.29 is 4.84 Å². The minimum absolute atomic E-state index is 0.157. The number of hydrogen-bond donors (Lipinski definition) is 3. The molecule has 4 N–H and O–H groups in total. The third-order valence-electron chi connectivity index (χ3n) is 3.15. The van der Waals surface area contributed by atoms with Gasteiger partial charge in [0.15, 0.2) is 0 Å². The second-order valence-corrected chi connectivity index (χ2v) is 4.01. The van der Waals surface area contributed by atoms with E-state index in [1.54, 1.807) is 0 Å². The molecule has 0 unspecified atom stereocenters. The summed E-state index contributed by atoms with van der Waals surface area (Å²) in [6.07, 6.45) is 5.04. The summed E-state index contributed by atoms with van der Waals surface area (Å²) in [5, 5.41) is 6.88. The van der Waals surface area contributed by atoms with Crippen molar-refractivity contribution in [1.82, 2.24) is 10.6 Å². The fourth-order valence-corrected chi connectivity index (χ4v) is 2.45. The molecule has 76 valence electrons. The van der Waals surface area contributed by atoms with E-state index >= 15 is 0 Å². The molecule has 0 spiro atoms. The van der Waals surface area contributed by atoms with E-state index in [4.69, 9.17) is 10.7 Å². The molecule has 0 aliphatic carbocycles. The highest BCUT2D eigenvalue weighted by molar-refractivity contribution is 4.92. The smallest absolute Gasteiger partial charge is 0.109 e. The van der Waals surface area contributed by atoms with Crippen LogP contribution in [0.15, 0.2) is 0 Å². The van der Waals surface area contributed by atoms with E-state index in [9.17, 15) is 0 Å².